The highest BCUT2D eigenvalue weighted by atomic mass is 35.5. The highest BCUT2D eigenvalue weighted by molar-refractivity contribution is 6.63. The van der Waals surface area contributed by atoms with Gasteiger partial charge in [0.25, 0.3) is 0 Å². The summed E-state index contributed by atoms with van der Waals surface area (Å²) in [6.45, 7) is 0. The lowest BCUT2D eigenvalue weighted by atomic mass is 9.43. The van der Waals surface area contributed by atoms with Crippen molar-refractivity contribution in [3.63, 3.8) is 0 Å². The standard InChI is InChI=1S/C7H9ClO/c8-6(9)4-7-1-5(2-7)3-7/h5H,1-4H2. The molecule has 0 aromatic rings. The van der Waals surface area contributed by atoms with E-state index in [0.29, 0.717) is 11.8 Å². The van der Waals surface area contributed by atoms with Crippen LogP contribution in [0.1, 0.15) is 25.7 Å². The molecule has 2 heteroatoms. The summed E-state index contributed by atoms with van der Waals surface area (Å²) in [5, 5.41) is -0.145. The van der Waals surface area contributed by atoms with Gasteiger partial charge in [0, 0.05) is 6.42 Å². The predicted octanol–water partition coefficient (Wildman–Crippen LogP) is 1.94. The molecule has 0 spiro atoms. The molecule has 3 rings (SSSR count). The lowest BCUT2D eigenvalue weighted by Gasteiger charge is -2.61. The Balaban J connectivity index is 1.92. The summed E-state index contributed by atoms with van der Waals surface area (Å²) in [5.41, 5.74) is 0.406. The monoisotopic (exact) mass is 144 g/mol. The van der Waals surface area contributed by atoms with E-state index in [1.807, 2.05) is 0 Å². The van der Waals surface area contributed by atoms with E-state index in [4.69, 9.17) is 11.6 Å². The Kier molecular flexibility index (Phi) is 0.963. The molecular weight excluding hydrogens is 136 g/mol. The molecule has 3 aliphatic rings. The van der Waals surface area contributed by atoms with Crippen molar-refractivity contribution in [2.75, 3.05) is 0 Å². The fourth-order valence-electron chi connectivity index (χ4n) is 2.17. The van der Waals surface area contributed by atoms with Crippen LogP contribution in [0, 0.1) is 11.3 Å². The van der Waals surface area contributed by atoms with Crippen molar-refractivity contribution in [1.82, 2.24) is 0 Å². The summed E-state index contributed by atoms with van der Waals surface area (Å²) in [7, 11) is 0. The molecule has 0 heterocycles. The molecule has 0 N–H and O–H groups in total. The van der Waals surface area contributed by atoms with Crippen molar-refractivity contribution in [2.24, 2.45) is 11.3 Å². The number of hydrogen-bond donors (Lipinski definition) is 0. The predicted molar refractivity (Wildman–Crippen MR) is 35.3 cm³/mol. The average Bonchev–Trinajstić information content (AvgIpc) is 1.50. The van der Waals surface area contributed by atoms with Gasteiger partial charge in [-0.15, -0.1) is 0 Å². The first-order valence-electron chi connectivity index (χ1n) is 3.39. The number of rotatable bonds is 2. The summed E-state index contributed by atoms with van der Waals surface area (Å²) in [6.07, 6.45) is 4.44. The minimum atomic E-state index is -0.145. The Bertz CT molecular complexity index is 147. The first kappa shape index (κ1) is 5.72. The molecule has 0 aliphatic heterocycles. The first-order chi connectivity index (χ1) is 4.20. The smallest absolute Gasteiger partial charge is 0.222 e. The van der Waals surface area contributed by atoms with Crippen LogP contribution in [0.2, 0.25) is 0 Å². The quantitative estimate of drug-likeness (QED) is 0.542. The SMILES string of the molecule is O=C(Cl)CC12CC(C1)C2. The number of carbonyl (C=O) groups is 1. The van der Waals surface area contributed by atoms with Crippen LogP contribution in [0.15, 0.2) is 0 Å². The summed E-state index contributed by atoms with van der Waals surface area (Å²) < 4.78 is 0. The van der Waals surface area contributed by atoms with E-state index < -0.39 is 0 Å². The average molecular weight is 145 g/mol. The number of carbonyl (C=O) groups excluding carboxylic acids is 1. The lowest BCUT2D eigenvalue weighted by Crippen LogP contribution is -2.52. The highest BCUT2D eigenvalue weighted by Gasteiger charge is 2.56. The first-order valence-corrected chi connectivity index (χ1v) is 3.76. The van der Waals surface area contributed by atoms with Crippen LogP contribution in [0.4, 0.5) is 0 Å². The van der Waals surface area contributed by atoms with Gasteiger partial charge in [-0.25, -0.2) is 0 Å². The van der Waals surface area contributed by atoms with E-state index in [9.17, 15) is 4.79 Å². The molecule has 0 aromatic carbocycles. The maximum absolute atomic E-state index is 10.4. The fourth-order valence-corrected chi connectivity index (χ4v) is 2.45. The second-order valence-corrected chi connectivity index (χ2v) is 3.93. The van der Waals surface area contributed by atoms with Crippen LogP contribution < -0.4 is 0 Å². The molecule has 0 radical (unpaired) electrons. The Morgan fingerprint density at radius 3 is 2.22 bits per heavy atom. The van der Waals surface area contributed by atoms with Gasteiger partial charge in [-0.2, -0.15) is 0 Å². The van der Waals surface area contributed by atoms with Crippen molar-refractivity contribution >= 4 is 16.8 Å². The summed E-state index contributed by atoms with van der Waals surface area (Å²) >= 11 is 5.26. The van der Waals surface area contributed by atoms with E-state index in [1.165, 1.54) is 19.3 Å². The zero-order valence-corrected chi connectivity index (χ0v) is 5.95. The Hall–Kier alpha value is -0.0400. The molecule has 0 aromatic heterocycles. The Morgan fingerprint density at radius 1 is 1.56 bits per heavy atom. The molecule has 1 nitrogen and oxygen atoms in total. The molecule has 0 unspecified atom stereocenters. The van der Waals surface area contributed by atoms with Crippen LogP contribution >= 0.6 is 11.6 Å². The zero-order chi connectivity index (χ0) is 6.48. The maximum atomic E-state index is 10.4. The van der Waals surface area contributed by atoms with Crippen LogP contribution in [0.3, 0.4) is 0 Å². The van der Waals surface area contributed by atoms with E-state index in [1.54, 1.807) is 0 Å². The molecule has 9 heavy (non-hydrogen) atoms. The Morgan fingerprint density at radius 2 is 2.11 bits per heavy atom. The summed E-state index contributed by atoms with van der Waals surface area (Å²) in [6, 6.07) is 0. The normalized spacial score (nSPS) is 45.2. The summed E-state index contributed by atoms with van der Waals surface area (Å²) in [5.74, 6) is 0.959. The van der Waals surface area contributed by atoms with Gasteiger partial charge in [0.05, 0.1) is 0 Å². The summed E-state index contributed by atoms with van der Waals surface area (Å²) in [4.78, 5) is 10.4. The van der Waals surface area contributed by atoms with Gasteiger partial charge in [0.1, 0.15) is 0 Å². The molecule has 0 amide bonds. The minimum absolute atomic E-state index is 0.145. The second kappa shape index (κ2) is 1.51. The van der Waals surface area contributed by atoms with E-state index in [0.717, 1.165) is 5.92 Å². The molecule has 50 valence electrons. The molecule has 0 atom stereocenters. The van der Waals surface area contributed by atoms with Crippen molar-refractivity contribution in [1.29, 1.82) is 0 Å². The Labute approximate surface area is 59.4 Å². The van der Waals surface area contributed by atoms with Crippen molar-refractivity contribution in [2.45, 2.75) is 25.7 Å². The lowest BCUT2D eigenvalue weighted by molar-refractivity contribution is -0.135. The van der Waals surface area contributed by atoms with Gasteiger partial charge in [-0.3, -0.25) is 4.79 Å². The molecule has 3 saturated carbocycles. The third kappa shape index (κ3) is 0.710. The molecule has 3 aliphatic carbocycles. The second-order valence-electron chi connectivity index (χ2n) is 3.51. The fraction of sp³-hybridized carbons (Fsp3) is 0.857. The van der Waals surface area contributed by atoms with Gasteiger partial charge in [0.15, 0.2) is 0 Å². The van der Waals surface area contributed by atoms with Gasteiger partial charge in [-0.05, 0) is 42.2 Å². The van der Waals surface area contributed by atoms with Crippen LogP contribution in [-0.4, -0.2) is 5.24 Å². The van der Waals surface area contributed by atoms with Gasteiger partial charge in [0.2, 0.25) is 5.24 Å². The van der Waals surface area contributed by atoms with E-state index in [-0.39, 0.29) is 5.24 Å². The molecule has 2 bridgehead atoms. The molecule has 3 fully saturated rings. The molecular formula is C7H9ClO. The van der Waals surface area contributed by atoms with Gasteiger partial charge in [-0.1, -0.05) is 0 Å². The molecule has 0 saturated heterocycles. The van der Waals surface area contributed by atoms with E-state index >= 15 is 0 Å². The number of hydrogen-bond acceptors (Lipinski definition) is 1. The van der Waals surface area contributed by atoms with Crippen LogP contribution in [0.25, 0.3) is 0 Å². The van der Waals surface area contributed by atoms with Gasteiger partial charge < -0.3 is 0 Å². The van der Waals surface area contributed by atoms with E-state index in [2.05, 4.69) is 0 Å². The third-order valence-electron chi connectivity index (χ3n) is 2.68. The van der Waals surface area contributed by atoms with Crippen LogP contribution in [0.5, 0.6) is 0 Å². The maximum Gasteiger partial charge on any atom is 0.222 e. The van der Waals surface area contributed by atoms with Crippen LogP contribution in [-0.2, 0) is 4.79 Å². The minimum Gasteiger partial charge on any atom is -0.281 e. The number of halogens is 1. The van der Waals surface area contributed by atoms with Crippen molar-refractivity contribution < 1.29 is 4.79 Å². The zero-order valence-electron chi connectivity index (χ0n) is 5.19. The van der Waals surface area contributed by atoms with Crippen molar-refractivity contribution in [3.05, 3.63) is 0 Å². The highest BCUT2D eigenvalue weighted by Crippen LogP contribution is 2.66. The topological polar surface area (TPSA) is 17.1 Å². The largest absolute Gasteiger partial charge is 0.281 e. The third-order valence-corrected chi connectivity index (χ3v) is 2.81. The van der Waals surface area contributed by atoms with Gasteiger partial charge >= 0.3 is 0 Å². The van der Waals surface area contributed by atoms with Crippen molar-refractivity contribution in [3.8, 4) is 0 Å².